The molecule has 0 unspecified atom stereocenters. The Morgan fingerprint density at radius 1 is 1.17 bits per heavy atom. The Morgan fingerprint density at radius 3 is 1.89 bits per heavy atom. The van der Waals surface area contributed by atoms with Crippen molar-refractivity contribution in [3.05, 3.63) is 30.3 Å². The molecule has 8 heteroatoms. The number of rotatable bonds is 5. The van der Waals surface area contributed by atoms with Crippen LogP contribution >= 0.6 is 7.75 Å². The van der Waals surface area contributed by atoms with Crippen LogP contribution in [-0.4, -0.2) is 30.4 Å². The number of nitrogens with two attached hydrogens (primary N) is 1. The summed E-state index contributed by atoms with van der Waals surface area (Å²) >= 11 is 0. The zero-order valence-electron chi connectivity index (χ0n) is 10.5. The van der Waals surface area contributed by atoms with Gasteiger partial charge in [0.2, 0.25) is 0 Å². The number of hydrogen-bond donors (Lipinski definition) is 3. The van der Waals surface area contributed by atoms with Crippen molar-refractivity contribution in [1.82, 2.24) is 0 Å². The molecule has 1 aromatic carbocycles. The van der Waals surface area contributed by atoms with E-state index in [2.05, 4.69) is 9.05 Å². The van der Waals surface area contributed by atoms with E-state index in [9.17, 15) is 4.57 Å². The van der Waals surface area contributed by atoms with E-state index in [0.29, 0.717) is 18.7 Å². The highest BCUT2D eigenvalue weighted by Crippen LogP contribution is 2.37. The van der Waals surface area contributed by atoms with Crippen molar-refractivity contribution < 1.29 is 23.7 Å². The van der Waals surface area contributed by atoms with Crippen molar-refractivity contribution in [1.29, 1.82) is 0 Å². The monoisotopic (exact) mass is 275 g/mol. The molecule has 0 atom stereocenters. The van der Waals surface area contributed by atoms with Crippen LogP contribution in [0.4, 0.5) is 0 Å². The molecule has 0 saturated heterocycles. The van der Waals surface area contributed by atoms with Crippen molar-refractivity contribution in [2.45, 2.75) is 13.8 Å². The minimum absolute atomic E-state index is 0.313. The van der Waals surface area contributed by atoms with Crippen LogP contribution < -0.4 is 11.0 Å². The molecule has 0 bridgehead atoms. The van der Waals surface area contributed by atoms with Crippen LogP contribution in [0.15, 0.2) is 30.3 Å². The first-order valence-corrected chi connectivity index (χ1v) is 7.13. The van der Waals surface area contributed by atoms with Gasteiger partial charge in [0, 0.05) is 0 Å². The van der Waals surface area contributed by atoms with Crippen molar-refractivity contribution in [2.75, 3.05) is 13.2 Å². The van der Waals surface area contributed by atoms with Gasteiger partial charge < -0.3 is 10.0 Å². The zero-order chi connectivity index (χ0) is 14.0. The lowest BCUT2D eigenvalue weighted by Gasteiger charge is -2.09. The normalized spacial score (nSPS) is 10.5. The minimum atomic E-state index is -3.19. The highest BCUT2D eigenvalue weighted by Gasteiger charge is 2.14. The summed E-state index contributed by atoms with van der Waals surface area (Å²) in [5.41, 5.74) is 5.57. The molecule has 0 aliphatic heterocycles. The van der Waals surface area contributed by atoms with E-state index in [0.717, 1.165) is 0 Å². The first-order valence-electron chi connectivity index (χ1n) is 5.51. The number of benzene rings is 1. The van der Waals surface area contributed by atoms with E-state index in [1.54, 1.807) is 38.1 Å². The summed E-state index contributed by atoms with van der Waals surface area (Å²) in [6.07, 6.45) is 0. The van der Waals surface area contributed by atoms with Gasteiger partial charge in [-0.3, -0.25) is 9.05 Å². The van der Waals surface area contributed by atoms with Gasteiger partial charge in [0.15, 0.2) is 0 Å². The van der Waals surface area contributed by atoms with Crippen LogP contribution in [0.2, 0.25) is 0 Å². The Hall–Kier alpha value is -0.685. The third-order valence-corrected chi connectivity index (χ3v) is 2.95. The summed E-state index contributed by atoms with van der Waals surface area (Å²) in [7, 11) is -4.53. The highest BCUT2D eigenvalue weighted by atomic mass is 31.2. The fourth-order valence-electron chi connectivity index (χ4n) is 1.02. The van der Waals surface area contributed by atoms with Crippen molar-refractivity contribution >= 4 is 20.3 Å². The predicted molar refractivity (Wildman–Crippen MR) is 71.3 cm³/mol. The SMILES string of the molecule is CCOP(N)(=O)OCC.OB(O)c1ccccc1. The Kier molecular flexibility index (Phi) is 8.92. The molecule has 1 rings (SSSR count). The molecule has 18 heavy (non-hydrogen) atoms. The van der Waals surface area contributed by atoms with Crippen LogP contribution in [0.3, 0.4) is 0 Å². The van der Waals surface area contributed by atoms with Gasteiger partial charge in [0.1, 0.15) is 0 Å². The Morgan fingerprint density at radius 2 is 1.61 bits per heavy atom. The van der Waals surface area contributed by atoms with Crippen LogP contribution in [0.5, 0.6) is 0 Å². The van der Waals surface area contributed by atoms with Crippen LogP contribution in [0, 0.1) is 0 Å². The molecule has 6 nitrogen and oxygen atoms in total. The summed E-state index contributed by atoms with van der Waals surface area (Å²) in [5, 5.41) is 17.2. The molecule has 0 aliphatic rings. The van der Waals surface area contributed by atoms with Crippen molar-refractivity contribution in [3.63, 3.8) is 0 Å². The van der Waals surface area contributed by atoms with Crippen LogP contribution in [0.1, 0.15) is 13.8 Å². The Bertz CT molecular complexity index is 353. The third kappa shape index (κ3) is 8.41. The average molecular weight is 275 g/mol. The second kappa shape index (κ2) is 9.27. The van der Waals surface area contributed by atoms with E-state index >= 15 is 0 Å². The molecule has 0 spiro atoms. The molecule has 0 radical (unpaired) electrons. The van der Waals surface area contributed by atoms with E-state index in [4.69, 9.17) is 15.6 Å². The summed E-state index contributed by atoms with van der Waals surface area (Å²) in [6, 6.07) is 8.66. The topological polar surface area (TPSA) is 102 Å². The van der Waals surface area contributed by atoms with Gasteiger partial charge in [-0.2, -0.15) is 0 Å². The quantitative estimate of drug-likeness (QED) is 0.534. The molecular weight excluding hydrogens is 256 g/mol. The predicted octanol–water partition coefficient (Wildman–Crippen LogP) is 0.493. The maximum absolute atomic E-state index is 10.7. The second-order valence-electron chi connectivity index (χ2n) is 3.16. The van der Waals surface area contributed by atoms with Gasteiger partial charge in [0.25, 0.3) is 0 Å². The molecule has 0 amide bonds. The largest absolute Gasteiger partial charge is 0.488 e. The van der Waals surface area contributed by atoms with Crippen LogP contribution in [0.25, 0.3) is 0 Å². The van der Waals surface area contributed by atoms with Crippen molar-refractivity contribution in [3.8, 4) is 0 Å². The summed E-state index contributed by atoms with van der Waals surface area (Å²) < 4.78 is 19.9. The molecule has 0 saturated carbocycles. The lowest BCUT2D eigenvalue weighted by molar-refractivity contribution is 0.221. The average Bonchev–Trinajstić information content (AvgIpc) is 2.30. The number of hydrogen-bond acceptors (Lipinski definition) is 5. The van der Waals surface area contributed by atoms with Crippen LogP contribution in [-0.2, 0) is 13.6 Å². The maximum atomic E-state index is 10.7. The molecule has 4 N–H and O–H groups in total. The van der Waals surface area contributed by atoms with Gasteiger partial charge in [0.05, 0.1) is 13.2 Å². The molecular formula is C10H19BNO5P. The Balaban J connectivity index is 0.000000321. The Labute approximate surface area is 107 Å². The van der Waals surface area contributed by atoms with E-state index < -0.39 is 14.9 Å². The molecule has 1 aromatic rings. The standard InChI is InChI=1S/C6H7BO2.C4H12NO3P/c8-7(9)6-4-2-1-3-5-6;1-3-7-9(5,6)8-4-2/h1-5,8-9H;3-4H2,1-2H3,(H2,5,6). The fourth-order valence-corrected chi connectivity index (χ4v) is 1.82. The van der Waals surface area contributed by atoms with Gasteiger partial charge in [-0.25, -0.2) is 10.1 Å². The van der Waals surface area contributed by atoms with E-state index in [1.165, 1.54) is 0 Å². The molecule has 102 valence electrons. The third-order valence-electron chi connectivity index (χ3n) is 1.72. The first kappa shape index (κ1) is 17.3. The minimum Gasteiger partial charge on any atom is -0.423 e. The van der Waals surface area contributed by atoms with Gasteiger partial charge >= 0.3 is 14.9 Å². The summed E-state index contributed by atoms with van der Waals surface area (Å²) in [6.45, 7) is 4.04. The van der Waals surface area contributed by atoms with Gasteiger partial charge in [-0.1, -0.05) is 30.3 Å². The molecule has 0 aliphatic carbocycles. The van der Waals surface area contributed by atoms with Gasteiger partial charge in [-0.05, 0) is 19.3 Å². The smallest absolute Gasteiger partial charge is 0.423 e. The van der Waals surface area contributed by atoms with E-state index in [1.807, 2.05) is 6.07 Å². The zero-order valence-corrected chi connectivity index (χ0v) is 11.4. The van der Waals surface area contributed by atoms with E-state index in [-0.39, 0.29) is 0 Å². The fraction of sp³-hybridized carbons (Fsp3) is 0.400. The summed E-state index contributed by atoms with van der Waals surface area (Å²) in [5.74, 6) is 0. The molecule has 0 aromatic heterocycles. The highest BCUT2D eigenvalue weighted by molar-refractivity contribution is 7.51. The second-order valence-corrected chi connectivity index (χ2v) is 4.76. The van der Waals surface area contributed by atoms with Crippen molar-refractivity contribution in [2.24, 2.45) is 5.50 Å². The molecule has 0 fully saturated rings. The molecule has 0 heterocycles. The summed E-state index contributed by atoms with van der Waals surface area (Å²) in [4.78, 5) is 0. The lowest BCUT2D eigenvalue weighted by Crippen LogP contribution is -2.29. The maximum Gasteiger partial charge on any atom is 0.488 e. The first-order chi connectivity index (χ1) is 8.43. The lowest BCUT2D eigenvalue weighted by atomic mass is 9.81. The van der Waals surface area contributed by atoms with Gasteiger partial charge in [-0.15, -0.1) is 0 Å².